The van der Waals surface area contributed by atoms with Gasteiger partial charge in [-0.05, 0) is 0 Å². The average molecular weight is 228 g/mol. The molecular formula is C6H8N6S2. The molecule has 6 nitrogen and oxygen atoms in total. The number of hydrogen-bond acceptors (Lipinski definition) is 7. The van der Waals surface area contributed by atoms with Crippen LogP contribution in [0.4, 0.5) is 5.13 Å². The van der Waals surface area contributed by atoms with Crippen molar-refractivity contribution >= 4 is 28.2 Å². The Morgan fingerprint density at radius 1 is 1.57 bits per heavy atom. The zero-order chi connectivity index (χ0) is 9.97. The topological polar surface area (TPSA) is 95.6 Å². The minimum atomic E-state index is 0.579. The van der Waals surface area contributed by atoms with Crippen molar-refractivity contribution < 1.29 is 0 Å². The van der Waals surface area contributed by atoms with E-state index in [2.05, 4.69) is 15.2 Å². The van der Waals surface area contributed by atoms with Crippen molar-refractivity contribution in [3.05, 3.63) is 17.4 Å². The van der Waals surface area contributed by atoms with E-state index in [1.165, 1.54) is 34.1 Å². The third kappa shape index (κ3) is 1.96. The van der Waals surface area contributed by atoms with Crippen LogP contribution >= 0.6 is 23.1 Å². The molecule has 8 heteroatoms. The number of aromatic nitrogens is 4. The number of nitrogens with two attached hydrogens (primary N) is 2. The fourth-order valence-electron chi connectivity index (χ4n) is 0.863. The lowest BCUT2D eigenvalue weighted by Gasteiger charge is -1.96. The van der Waals surface area contributed by atoms with Gasteiger partial charge in [-0.25, -0.2) is 9.66 Å². The summed E-state index contributed by atoms with van der Waals surface area (Å²) in [5, 5.41) is 10.7. The smallest absolute Gasteiger partial charge is 0.209 e. The van der Waals surface area contributed by atoms with E-state index < -0.39 is 0 Å². The number of rotatable bonds is 3. The molecule has 0 aliphatic rings. The summed E-state index contributed by atoms with van der Waals surface area (Å²) in [5.41, 5.74) is 6.43. The zero-order valence-electron chi connectivity index (χ0n) is 7.12. The first-order valence-electron chi connectivity index (χ1n) is 3.73. The fraction of sp³-hybridized carbons (Fsp3) is 0.167. The standard InChI is InChI=1S/C6H8N6S2/c7-5-10-4(1-13-5)2-14-6-11-9-3-12(6)8/h1,3H,2,8H2,(H2,7,10). The molecule has 74 valence electrons. The Balaban J connectivity index is 1.98. The normalized spacial score (nSPS) is 10.6. The van der Waals surface area contributed by atoms with Crippen molar-refractivity contribution in [1.82, 2.24) is 19.9 Å². The highest BCUT2D eigenvalue weighted by atomic mass is 32.2. The van der Waals surface area contributed by atoms with Gasteiger partial charge in [0, 0.05) is 11.1 Å². The first kappa shape index (κ1) is 9.28. The van der Waals surface area contributed by atoms with Crippen LogP contribution in [0.2, 0.25) is 0 Å². The Morgan fingerprint density at radius 2 is 2.43 bits per heavy atom. The molecule has 2 heterocycles. The van der Waals surface area contributed by atoms with Gasteiger partial charge in [0.15, 0.2) is 5.13 Å². The Labute approximate surface area is 88.3 Å². The van der Waals surface area contributed by atoms with Gasteiger partial charge in [-0.15, -0.1) is 21.5 Å². The third-order valence-corrected chi connectivity index (χ3v) is 3.17. The zero-order valence-corrected chi connectivity index (χ0v) is 8.75. The molecule has 0 fully saturated rings. The SMILES string of the molecule is Nc1nc(CSc2nncn2N)cs1. The average Bonchev–Trinajstić information content (AvgIpc) is 2.72. The molecule has 0 saturated heterocycles. The van der Waals surface area contributed by atoms with Crippen LogP contribution in [-0.2, 0) is 5.75 Å². The molecule has 0 radical (unpaired) electrons. The number of thiazole rings is 1. The second-order valence-electron chi connectivity index (χ2n) is 2.49. The first-order valence-corrected chi connectivity index (χ1v) is 5.60. The predicted molar refractivity (Wildman–Crippen MR) is 56.3 cm³/mol. The predicted octanol–water partition coefficient (Wildman–Crippen LogP) is 0.323. The van der Waals surface area contributed by atoms with Crippen molar-refractivity contribution in [2.75, 3.05) is 11.6 Å². The Hall–Kier alpha value is -1.28. The lowest BCUT2D eigenvalue weighted by molar-refractivity contribution is 0.845. The third-order valence-electron chi connectivity index (χ3n) is 1.46. The van der Waals surface area contributed by atoms with Gasteiger partial charge in [0.1, 0.15) is 6.33 Å². The molecule has 0 bridgehead atoms. The molecule has 0 atom stereocenters. The largest absolute Gasteiger partial charge is 0.375 e. The summed E-state index contributed by atoms with van der Waals surface area (Å²) in [6.45, 7) is 0. The Morgan fingerprint density at radius 3 is 3.00 bits per heavy atom. The Bertz CT molecular complexity index is 421. The maximum atomic E-state index is 5.54. The number of anilines is 1. The van der Waals surface area contributed by atoms with Crippen molar-refractivity contribution in [3.63, 3.8) is 0 Å². The van der Waals surface area contributed by atoms with Crippen molar-refractivity contribution in [2.45, 2.75) is 10.9 Å². The van der Waals surface area contributed by atoms with E-state index in [-0.39, 0.29) is 0 Å². The highest BCUT2D eigenvalue weighted by Crippen LogP contribution is 2.21. The molecule has 0 spiro atoms. The summed E-state index contributed by atoms with van der Waals surface area (Å²) in [5.74, 6) is 6.24. The van der Waals surface area contributed by atoms with Gasteiger partial charge in [0.05, 0.1) is 5.69 Å². The summed E-state index contributed by atoms with van der Waals surface area (Å²) >= 11 is 2.90. The molecule has 2 rings (SSSR count). The van der Waals surface area contributed by atoms with Crippen LogP contribution in [0, 0.1) is 0 Å². The monoisotopic (exact) mass is 228 g/mol. The van der Waals surface area contributed by atoms with E-state index in [0.717, 1.165) is 5.69 Å². The van der Waals surface area contributed by atoms with Crippen LogP contribution in [0.3, 0.4) is 0 Å². The molecule has 14 heavy (non-hydrogen) atoms. The van der Waals surface area contributed by atoms with Gasteiger partial charge in [-0.1, -0.05) is 11.8 Å². The van der Waals surface area contributed by atoms with E-state index in [4.69, 9.17) is 11.6 Å². The minimum absolute atomic E-state index is 0.579. The van der Waals surface area contributed by atoms with Crippen LogP contribution < -0.4 is 11.6 Å². The maximum Gasteiger partial charge on any atom is 0.209 e. The molecule has 2 aromatic rings. The lowest BCUT2D eigenvalue weighted by Crippen LogP contribution is -2.07. The van der Waals surface area contributed by atoms with Crippen LogP contribution in [0.15, 0.2) is 16.9 Å². The van der Waals surface area contributed by atoms with Gasteiger partial charge in [0.2, 0.25) is 5.16 Å². The van der Waals surface area contributed by atoms with Crippen LogP contribution in [0.1, 0.15) is 5.69 Å². The van der Waals surface area contributed by atoms with E-state index in [1.54, 1.807) is 0 Å². The molecule has 0 aromatic carbocycles. The lowest BCUT2D eigenvalue weighted by atomic mass is 10.6. The second kappa shape index (κ2) is 3.84. The molecular weight excluding hydrogens is 220 g/mol. The van der Waals surface area contributed by atoms with E-state index in [9.17, 15) is 0 Å². The number of nitrogen functional groups attached to an aromatic ring is 2. The second-order valence-corrected chi connectivity index (χ2v) is 4.32. The van der Waals surface area contributed by atoms with Crippen molar-refractivity contribution in [2.24, 2.45) is 0 Å². The van der Waals surface area contributed by atoms with E-state index in [1.807, 2.05) is 5.38 Å². The molecule has 0 amide bonds. The molecule has 0 unspecified atom stereocenters. The van der Waals surface area contributed by atoms with Gasteiger partial charge >= 0.3 is 0 Å². The van der Waals surface area contributed by atoms with Gasteiger partial charge in [-0.3, -0.25) is 0 Å². The summed E-state index contributed by atoms with van der Waals surface area (Å²) in [7, 11) is 0. The van der Waals surface area contributed by atoms with Crippen LogP contribution in [0.25, 0.3) is 0 Å². The van der Waals surface area contributed by atoms with E-state index >= 15 is 0 Å². The molecule has 0 saturated carbocycles. The van der Waals surface area contributed by atoms with Gasteiger partial charge < -0.3 is 11.6 Å². The maximum absolute atomic E-state index is 5.54. The van der Waals surface area contributed by atoms with Crippen molar-refractivity contribution in [1.29, 1.82) is 0 Å². The fourth-order valence-corrected chi connectivity index (χ4v) is 2.26. The highest BCUT2D eigenvalue weighted by molar-refractivity contribution is 7.98. The molecule has 2 aromatic heterocycles. The summed E-state index contributed by atoms with van der Waals surface area (Å²) in [4.78, 5) is 4.12. The van der Waals surface area contributed by atoms with Crippen molar-refractivity contribution in [3.8, 4) is 0 Å². The van der Waals surface area contributed by atoms with Gasteiger partial charge in [0.25, 0.3) is 0 Å². The summed E-state index contributed by atoms with van der Waals surface area (Å²) < 4.78 is 1.38. The number of hydrogen-bond donors (Lipinski definition) is 2. The van der Waals surface area contributed by atoms with Crippen LogP contribution in [0.5, 0.6) is 0 Å². The Kier molecular flexibility index (Phi) is 2.55. The molecule has 0 aliphatic heterocycles. The highest BCUT2D eigenvalue weighted by Gasteiger charge is 2.04. The quantitative estimate of drug-likeness (QED) is 0.580. The van der Waals surface area contributed by atoms with Crippen LogP contribution in [-0.4, -0.2) is 19.9 Å². The molecule has 0 aliphatic carbocycles. The summed E-state index contributed by atoms with van der Waals surface area (Å²) in [6.07, 6.45) is 1.46. The molecule has 4 N–H and O–H groups in total. The minimum Gasteiger partial charge on any atom is -0.375 e. The number of nitrogens with zero attached hydrogens (tertiary/aromatic N) is 4. The van der Waals surface area contributed by atoms with Gasteiger partial charge in [-0.2, -0.15) is 0 Å². The first-order chi connectivity index (χ1) is 6.75. The van der Waals surface area contributed by atoms with E-state index in [0.29, 0.717) is 16.0 Å². The summed E-state index contributed by atoms with van der Waals surface area (Å²) in [6, 6.07) is 0. The number of thioether (sulfide) groups is 1.